The van der Waals surface area contributed by atoms with Crippen LogP contribution in [0.2, 0.25) is 5.15 Å². The Morgan fingerprint density at radius 3 is 2.26 bits per heavy atom. The van der Waals surface area contributed by atoms with Crippen molar-refractivity contribution in [1.82, 2.24) is 9.97 Å². The van der Waals surface area contributed by atoms with Crippen molar-refractivity contribution in [3.8, 4) is 21.8 Å². The van der Waals surface area contributed by atoms with Gasteiger partial charge in [0.05, 0.1) is 16.0 Å². The number of aromatic nitrogens is 2. The maximum Gasteiger partial charge on any atom is 0.405 e. The van der Waals surface area contributed by atoms with Crippen LogP contribution in [0, 0.1) is 17.5 Å². The number of anilines is 1. The average molecular weight is 424 g/mol. The van der Waals surface area contributed by atoms with Gasteiger partial charge in [-0.05, 0) is 11.4 Å². The quantitative estimate of drug-likeness (QED) is 0.418. The molecule has 11 heteroatoms. The number of thiophene rings is 1. The second-order valence-corrected chi connectivity index (χ2v) is 6.56. The van der Waals surface area contributed by atoms with Crippen molar-refractivity contribution < 1.29 is 26.3 Å². The zero-order valence-electron chi connectivity index (χ0n) is 13.0. The van der Waals surface area contributed by atoms with Crippen molar-refractivity contribution in [2.45, 2.75) is 6.18 Å². The van der Waals surface area contributed by atoms with Crippen molar-refractivity contribution in [3.63, 3.8) is 0 Å². The fraction of sp³-hybridized carbons (Fsp3) is 0.125. The lowest BCUT2D eigenvalue weighted by Crippen LogP contribution is -2.22. The van der Waals surface area contributed by atoms with Gasteiger partial charge in [0, 0.05) is 12.1 Å². The molecule has 27 heavy (non-hydrogen) atoms. The zero-order valence-corrected chi connectivity index (χ0v) is 14.6. The molecular formula is C16H8ClF6N3S. The van der Waals surface area contributed by atoms with E-state index in [1.54, 1.807) is 17.5 Å². The largest absolute Gasteiger partial charge is 0.405 e. The first-order valence-electron chi connectivity index (χ1n) is 7.22. The van der Waals surface area contributed by atoms with Gasteiger partial charge in [0.15, 0.2) is 5.82 Å². The molecule has 0 aliphatic rings. The molecule has 2 aromatic heterocycles. The van der Waals surface area contributed by atoms with Crippen LogP contribution in [0.15, 0.2) is 29.6 Å². The van der Waals surface area contributed by atoms with Crippen LogP contribution in [0.5, 0.6) is 0 Å². The first kappa shape index (κ1) is 19.4. The van der Waals surface area contributed by atoms with Crippen molar-refractivity contribution in [3.05, 3.63) is 52.3 Å². The Labute approximate surface area is 157 Å². The van der Waals surface area contributed by atoms with Gasteiger partial charge in [-0.3, -0.25) is 0 Å². The molecule has 0 amide bonds. The summed E-state index contributed by atoms with van der Waals surface area (Å²) in [5.74, 6) is -4.44. The van der Waals surface area contributed by atoms with Gasteiger partial charge in [0.2, 0.25) is 0 Å². The van der Waals surface area contributed by atoms with E-state index in [2.05, 4.69) is 9.97 Å². The van der Waals surface area contributed by atoms with E-state index >= 15 is 0 Å². The smallest absolute Gasteiger partial charge is 0.360 e. The normalized spacial score (nSPS) is 11.7. The monoisotopic (exact) mass is 423 g/mol. The molecule has 0 radical (unpaired) electrons. The fourth-order valence-electron chi connectivity index (χ4n) is 2.26. The van der Waals surface area contributed by atoms with Gasteiger partial charge < -0.3 is 5.32 Å². The highest BCUT2D eigenvalue weighted by atomic mass is 35.5. The van der Waals surface area contributed by atoms with Crippen LogP contribution in [0.4, 0.5) is 32.2 Å². The molecule has 142 valence electrons. The minimum Gasteiger partial charge on any atom is -0.360 e. The summed E-state index contributed by atoms with van der Waals surface area (Å²) in [5, 5.41) is 3.18. The highest BCUT2D eigenvalue weighted by Crippen LogP contribution is 2.38. The molecule has 1 N–H and O–H groups in total. The molecule has 3 aromatic rings. The number of halogens is 7. The Balaban J connectivity index is 2.20. The maximum atomic E-state index is 14.2. The van der Waals surface area contributed by atoms with E-state index in [4.69, 9.17) is 11.6 Å². The van der Waals surface area contributed by atoms with Gasteiger partial charge in [0.25, 0.3) is 0 Å². The third-order valence-corrected chi connectivity index (χ3v) is 4.46. The number of hydrogen-bond acceptors (Lipinski definition) is 4. The van der Waals surface area contributed by atoms with E-state index in [0.29, 0.717) is 17.0 Å². The number of hydrogen-bond donors (Lipinski definition) is 1. The van der Waals surface area contributed by atoms with Crippen molar-refractivity contribution in [2.24, 2.45) is 0 Å². The van der Waals surface area contributed by atoms with E-state index in [0.717, 1.165) is 0 Å². The Morgan fingerprint density at radius 2 is 1.70 bits per heavy atom. The average Bonchev–Trinajstić information content (AvgIpc) is 3.07. The summed E-state index contributed by atoms with van der Waals surface area (Å²) in [4.78, 5) is 8.34. The van der Waals surface area contributed by atoms with Crippen molar-refractivity contribution in [2.75, 3.05) is 11.9 Å². The summed E-state index contributed by atoms with van der Waals surface area (Å²) in [6, 6.07) is 4.03. The van der Waals surface area contributed by atoms with E-state index < -0.39 is 52.3 Å². The molecule has 3 nitrogen and oxygen atoms in total. The van der Waals surface area contributed by atoms with E-state index in [-0.39, 0.29) is 5.82 Å². The molecule has 0 spiro atoms. The predicted molar refractivity (Wildman–Crippen MR) is 90.2 cm³/mol. The highest BCUT2D eigenvalue weighted by molar-refractivity contribution is 7.13. The Morgan fingerprint density at radius 1 is 1.04 bits per heavy atom. The molecule has 2 heterocycles. The number of rotatable bonds is 4. The summed E-state index contributed by atoms with van der Waals surface area (Å²) in [6.45, 7) is -1.53. The number of nitrogens with one attached hydrogen (secondary N) is 1. The minimum absolute atomic E-state index is 0.0219. The summed E-state index contributed by atoms with van der Waals surface area (Å²) in [5.41, 5.74) is -1.36. The Hall–Kier alpha value is -2.33. The molecule has 0 aliphatic heterocycles. The SMILES string of the molecule is Fc1cc(F)c(-c2c(Cl)nc(-c3cccs3)nc2NCC(F)(F)F)c(F)c1. The fourth-order valence-corrected chi connectivity index (χ4v) is 3.19. The van der Waals surface area contributed by atoms with Gasteiger partial charge in [-0.25, -0.2) is 23.1 Å². The standard InChI is InChI=1S/C16H8ClF6N3S/c17-13-12(11-8(19)4-7(18)5-9(11)20)15(24-6-16(21,22)23)26-14(25-13)10-2-1-3-27-10/h1-5H,6H2,(H,24,25,26). The van der Waals surface area contributed by atoms with Crippen LogP contribution in [-0.2, 0) is 0 Å². The van der Waals surface area contributed by atoms with Crippen LogP contribution in [0.1, 0.15) is 0 Å². The molecular weight excluding hydrogens is 416 g/mol. The zero-order chi connectivity index (χ0) is 19.8. The summed E-state index contributed by atoms with van der Waals surface area (Å²) in [7, 11) is 0. The van der Waals surface area contributed by atoms with Crippen molar-refractivity contribution in [1.29, 1.82) is 0 Å². The third-order valence-electron chi connectivity index (χ3n) is 3.32. The maximum absolute atomic E-state index is 14.2. The van der Waals surface area contributed by atoms with E-state index in [9.17, 15) is 26.3 Å². The number of alkyl halides is 3. The molecule has 3 rings (SSSR count). The molecule has 0 saturated heterocycles. The second-order valence-electron chi connectivity index (χ2n) is 5.25. The lowest BCUT2D eigenvalue weighted by atomic mass is 10.1. The summed E-state index contributed by atoms with van der Waals surface area (Å²) in [6.07, 6.45) is -4.63. The number of nitrogens with zero attached hydrogens (tertiary/aromatic N) is 2. The first-order valence-corrected chi connectivity index (χ1v) is 8.48. The third kappa shape index (κ3) is 4.33. The van der Waals surface area contributed by atoms with Crippen LogP contribution >= 0.6 is 22.9 Å². The summed E-state index contributed by atoms with van der Waals surface area (Å²) >= 11 is 7.22. The Bertz CT molecular complexity index is 952. The molecule has 0 unspecified atom stereocenters. The van der Waals surface area contributed by atoms with E-state index in [1.165, 1.54) is 11.3 Å². The predicted octanol–water partition coefficient (Wildman–Crippen LogP) is 5.92. The highest BCUT2D eigenvalue weighted by Gasteiger charge is 2.29. The topological polar surface area (TPSA) is 37.8 Å². The Kier molecular flexibility index (Phi) is 5.29. The van der Waals surface area contributed by atoms with Crippen molar-refractivity contribution >= 4 is 28.8 Å². The molecule has 0 fully saturated rings. The number of benzene rings is 1. The molecule has 0 saturated carbocycles. The molecule has 0 bridgehead atoms. The summed E-state index contributed by atoms with van der Waals surface area (Å²) < 4.78 is 79.4. The van der Waals surface area contributed by atoms with Gasteiger partial charge in [-0.1, -0.05) is 17.7 Å². The van der Waals surface area contributed by atoms with Crippen LogP contribution in [0.3, 0.4) is 0 Å². The first-order chi connectivity index (χ1) is 12.7. The minimum atomic E-state index is -4.63. The molecule has 1 aromatic carbocycles. The lowest BCUT2D eigenvalue weighted by molar-refractivity contribution is -0.115. The van der Waals surface area contributed by atoms with Gasteiger partial charge in [-0.15, -0.1) is 11.3 Å². The lowest BCUT2D eigenvalue weighted by Gasteiger charge is -2.16. The van der Waals surface area contributed by atoms with Gasteiger partial charge >= 0.3 is 6.18 Å². The second kappa shape index (κ2) is 7.35. The molecule has 0 aliphatic carbocycles. The van der Waals surface area contributed by atoms with Crippen LogP contribution in [0.25, 0.3) is 21.8 Å². The van der Waals surface area contributed by atoms with Crippen LogP contribution < -0.4 is 5.32 Å². The van der Waals surface area contributed by atoms with Crippen LogP contribution in [-0.4, -0.2) is 22.7 Å². The van der Waals surface area contributed by atoms with E-state index in [1.807, 2.05) is 5.32 Å². The van der Waals surface area contributed by atoms with Gasteiger partial charge in [0.1, 0.15) is 35.0 Å². The van der Waals surface area contributed by atoms with Gasteiger partial charge in [-0.2, -0.15) is 13.2 Å². The molecule has 0 atom stereocenters.